The molecular weight excluding hydrogens is 357 g/mol. The molecule has 2 aromatic heterocycles. The van der Waals surface area contributed by atoms with Crippen molar-refractivity contribution >= 4 is 49.0 Å². The van der Waals surface area contributed by atoms with E-state index in [9.17, 15) is 9.18 Å². The Morgan fingerprint density at radius 1 is 1.32 bits per heavy atom. The van der Waals surface area contributed by atoms with Crippen LogP contribution in [0.1, 0.15) is 10.4 Å². The number of hydrogen-bond acceptors (Lipinski definition) is 4. The van der Waals surface area contributed by atoms with Crippen LogP contribution in [0.5, 0.6) is 0 Å². The number of benzene rings is 2. The van der Waals surface area contributed by atoms with Crippen LogP contribution in [0.3, 0.4) is 0 Å². The van der Waals surface area contributed by atoms with Crippen molar-refractivity contribution < 1.29 is 9.18 Å². The Bertz CT molecular complexity index is 1230. The van der Waals surface area contributed by atoms with E-state index < -0.39 is 5.91 Å². The van der Waals surface area contributed by atoms with Crippen molar-refractivity contribution in [1.82, 2.24) is 9.55 Å². The maximum absolute atomic E-state index is 14.2. The van der Waals surface area contributed by atoms with E-state index in [1.54, 1.807) is 40.4 Å². The van der Waals surface area contributed by atoms with Crippen molar-refractivity contribution in [3.63, 3.8) is 0 Å². The quantitative estimate of drug-likeness (QED) is 0.506. The van der Waals surface area contributed by atoms with Crippen LogP contribution in [-0.4, -0.2) is 15.5 Å². The average Bonchev–Trinajstić information content (AvgIpc) is 3.20. The van der Waals surface area contributed by atoms with Gasteiger partial charge in [0, 0.05) is 5.56 Å². The molecule has 4 nitrogen and oxygen atoms in total. The Hall–Kier alpha value is -2.82. The lowest BCUT2D eigenvalue weighted by Crippen LogP contribution is -2.17. The molecule has 2 aromatic carbocycles. The Kier molecular flexibility index (Phi) is 3.92. The number of aromatic nitrogens is 2. The highest BCUT2D eigenvalue weighted by Crippen LogP contribution is 2.21. The Balaban J connectivity index is 1.87. The van der Waals surface area contributed by atoms with E-state index in [-0.39, 0.29) is 12.4 Å². The van der Waals surface area contributed by atoms with Gasteiger partial charge in [0.15, 0.2) is 4.80 Å². The molecule has 0 saturated carbocycles. The third-order valence-corrected chi connectivity index (χ3v) is 5.51. The number of rotatable bonds is 2. The van der Waals surface area contributed by atoms with Crippen LogP contribution < -0.4 is 4.80 Å². The first-order valence-corrected chi connectivity index (χ1v) is 9.00. The van der Waals surface area contributed by atoms with E-state index in [0.29, 0.717) is 20.6 Å². The van der Waals surface area contributed by atoms with Crippen molar-refractivity contribution in [2.24, 2.45) is 4.99 Å². The fraction of sp³-hybridized carbons (Fsp3) is 0.0556. The molecule has 0 radical (unpaired) electrons. The summed E-state index contributed by atoms with van der Waals surface area (Å²) in [5, 5.41) is 0. The molecule has 0 unspecified atom stereocenters. The number of carbonyl (C=O) groups is 1. The number of amides is 1. The molecule has 0 N–H and O–H groups in total. The molecule has 1 amide bonds. The number of terminal acetylenes is 1. The van der Waals surface area contributed by atoms with Crippen LogP contribution in [0.15, 0.2) is 46.9 Å². The molecule has 0 aliphatic heterocycles. The van der Waals surface area contributed by atoms with E-state index in [0.717, 1.165) is 10.2 Å². The molecule has 0 bridgehead atoms. The number of fused-ring (bicyclic) bond motifs is 2. The molecule has 0 spiro atoms. The summed E-state index contributed by atoms with van der Waals surface area (Å²) in [5.74, 6) is 1.71. The summed E-state index contributed by atoms with van der Waals surface area (Å²) < 4.78 is 17.3. The fourth-order valence-corrected chi connectivity index (χ4v) is 4.31. The molecule has 0 saturated heterocycles. The van der Waals surface area contributed by atoms with Crippen molar-refractivity contribution in [3.8, 4) is 12.3 Å². The highest BCUT2D eigenvalue weighted by molar-refractivity contribution is 7.17. The third kappa shape index (κ3) is 2.76. The second-order valence-corrected chi connectivity index (χ2v) is 7.11. The van der Waals surface area contributed by atoms with Gasteiger partial charge in [-0.25, -0.2) is 9.37 Å². The van der Waals surface area contributed by atoms with Crippen LogP contribution in [0.4, 0.5) is 4.39 Å². The van der Waals surface area contributed by atoms with Crippen LogP contribution in [0, 0.1) is 18.2 Å². The molecule has 122 valence electrons. The monoisotopic (exact) mass is 367 g/mol. The molecule has 4 rings (SSSR count). The molecule has 0 atom stereocenters. The highest BCUT2D eigenvalue weighted by Gasteiger charge is 2.12. The summed E-state index contributed by atoms with van der Waals surface area (Å²) in [6.07, 6.45) is 5.40. The van der Waals surface area contributed by atoms with Gasteiger partial charge in [0.25, 0.3) is 5.91 Å². The predicted octanol–water partition coefficient (Wildman–Crippen LogP) is 3.83. The van der Waals surface area contributed by atoms with E-state index in [2.05, 4.69) is 15.9 Å². The minimum absolute atomic E-state index is 0.140. The number of hydrogen-bond donors (Lipinski definition) is 0. The largest absolute Gasteiger partial charge is 0.302 e. The Morgan fingerprint density at radius 3 is 3.04 bits per heavy atom. The first kappa shape index (κ1) is 15.7. The van der Waals surface area contributed by atoms with Crippen LogP contribution >= 0.6 is 22.7 Å². The first-order valence-electron chi connectivity index (χ1n) is 7.31. The molecule has 2 heterocycles. The van der Waals surface area contributed by atoms with Gasteiger partial charge < -0.3 is 4.57 Å². The van der Waals surface area contributed by atoms with Gasteiger partial charge in [0.1, 0.15) is 5.82 Å². The number of thiazole rings is 2. The molecule has 7 heteroatoms. The summed E-state index contributed by atoms with van der Waals surface area (Å²) in [6.45, 7) is 0.140. The topological polar surface area (TPSA) is 47.2 Å². The fourth-order valence-electron chi connectivity index (χ4n) is 2.55. The minimum Gasteiger partial charge on any atom is -0.302 e. The van der Waals surface area contributed by atoms with Crippen LogP contribution in [0.2, 0.25) is 0 Å². The molecule has 0 aliphatic carbocycles. The molecule has 0 aliphatic rings. The number of para-hydroxylation sites is 1. The maximum atomic E-state index is 14.2. The van der Waals surface area contributed by atoms with Gasteiger partial charge in [0.2, 0.25) is 0 Å². The first-order chi connectivity index (χ1) is 12.2. The summed E-state index contributed by atoms with van der Waals surface area (Å²) in [6, 6.07) is 10.0. The molecule has 4 aromatic rings. The van der Waals surface area contributed by atoms with Crippen molar-refractivity contribution in [2.45, 2.75) is 6.54 Å². The zero-order chi connectivity index (χ0) is 17.4. The summed E-state index contributed by atoms with van der Waals surface area (Å²) >= 11 is 2.69. The second-order valence-electron chi connectivity index (χ2n) is 5.21. The summed E-state index contributed by atoms with van der Waals surface area (Å²) in [7, 11) is 0. The minimum atomic E-state index is -0.395. The van der Waals surface area contributed by atoms with Gasteiger partial charge in [-0.3, -0.25) is 4.79 Å². The number of nitrogens with zero attached hydrogens (tertiary/aromatic N) is 3. The smallest absolute Gasteiger partial charge is 0.279 e. The summed E-state index contributed by atoms with van der Waals surface area (Å²) in [4.78, 5) is 21.3. The van der Waals surface area contributed by atoms with Gasteiger partial charge in [0.05, 0.1) is 32.5 Å². The Labute approximate surface area is 149 Å². The van der Waals surface area contributed by atoms with E-state index >= 15 is 0 Å². The normalized spacial score (nSPS) is 11.9. The zero-order valence-corrected chi connectivity index (χ0v) is 14.4. The second kappa shape index (κ2) is 6.24. The lowest BCUT2D eigenvalue weighted by atomic mass is 10.2. The van der Waals surface area contributed by atoms with Crippen molar-refractivity contribution in [1.29, 1.82) is 0 Å². The highest BCUT2D eigenvalue weighted by atomic mass is 32.1. The van der Waals surface area contributed by atoms with Gasteiger partial charge in [-0.05, 0) is 30.3 Å². The van der Waals surface area contributed by atoms with Crippen LogP contribution in [0.25, 0.3) is 20.4 Å². The van der Waals surface area contributed by atoms with Gasteiger partial charge in [-0.15, -0.1) is 17.8 Å². The van der Waals surface area contributed by atoms with E-state index in [4.69, 9.17) is 6.42 Å². The molecular formula is C18H10FN3OS2. The van der Waals surface area contributed by atoms with Crippen molar-refractivity contribution in [3.05, 3.63) is 58.1 Å². The lowest BCUT2D eigenvalue weighted by Gasteiger charge is -2.00. The molecule has 25 heavy (non-hydrogen) atoms. The predicted molar refractivity (Wildman–Crippen MR) is 98.1 cm³/mol. The number of carbonyl (C=O) groups excluding carboxylic acids is 1. The third-order valence-electron chi connectivity index (χ3n) is 3.68. The van der Waals surface area contributed by atoms with E-state index in [1.165, 1.54) is 28.7 Å². The van der Waals surface area contributed by atoms with Gasteiger partial charge in [-0.1, -0.05) is 23.3 Å². The average molecular weight is 367 g/mol. The van der Waals surface area contributed by atoms with Crippen LogP contribution in [-0.2, 0) is 6.54 Å². The van der Waals surface area contributed by atoms with Crippen molar-refractivity contribution in [2.75, 3.05) is 0 Å². The SMILES string of the molecule is C#CCn1c(=NC(=O)c2ccc3ncsc3c2)sc2cccc(F)c21. The van der Waals surface area contributed by atoms with Gasteiger partial charge in [-0.2, -0.15) is 4.99 Å². The Morgan fingerprint density at radius 2 is 2.20 bits per heavy atom. The number of halogens is 1. The van der Waals surface area contributed by atoms with Gasteiger partial charge >= 0.3 is 0 Å². The van der Waals surface area contributed by atoms with E-state index in [1.807, 2.05) is 0 Å². The standard InChI is InChI=1S/C18H10FN3OS2/c1-2-8-22-16-12(19)4-3-5-14(16)25-18(22)21-17(23)11-6-7-13-15(9-11)24-10-20-13/h1,3-7,9-10H,8H2. The molecule has 0 fully saturated rings. The zero-order valence-electron chi connectivity index (χ0n) is 12.8. The summed E-state index contributed by atoms with van der Waals surface area (Å²) in [5.41, 5.74) is 3.40. The lowest BCUT2D eigenvalue weighted by molar-refractivity contribution is 0.0998. The maximum Gasteiger partial charge on any atom is 0.279 e.